The second-order valence-electron chi connectivity index (χ2n) is 6.36. The van der Waals surface area contributed by atoms with E-state index in [0.29, 0.717) is 0 Å². The lowest BCUT2D eigenvalue weighted by atomic mass is 10.3. The third-order valence-corrected chi connectivity index (χ3v) is 5.52. The van der Waals surface area contributed by atoms with Gasteiger partial charge in [-0.05, 0) is 13.5 Å². The Morgan fingerprint density at radius 3 is 2.54 bits per heavy atom. The van der Waals surface area contributed by atoms with Gasteiger partial charge in [-0.15, -0.1) is 12.4 Å². The van der Waals surface area contributed by atoms with Gasteiger partial charge in [0.15, 0.2) is 5.13 Å². The summed E-state index contributed by atoms with van der Waals surface area (Å²) in [4.78, 5) is 27.5. The molecule has 0 amide bonds. The van der Waals surface area contributed by atoms with Crippen LogP contribution in [-0.2, 0) is 0 Å². The van der Waals surface area contributed by atoms with E-state index in [1.807, 2.05) is 19.2 Å². The molecule has 0 saturated carbocycles. The van der Waals surface area contributed by atoms with Gasteiger partial charge in [0.05, 0.1) is 4.88 Å². The predicted octanol–water partition coefficient (Wildman–Crippen LogP) is 3.01. The Kier molecular flexibility index (Phi) is 6.71. The van der Waals surface area contributed by atoms with Gasteiger partial charge in [0.1, 0.15) is 23.8 Å². The number of rotatable bonds is 5. The highest BCUT2D eigenvalue weighted by Crippen LogP contribution is 2.30. The van der Waals surface area contributed by atoms with Crippen molar-refractivity contribution < 1.29 is 0 Å². The molecule has 0 spiro atoms. The Balaban J connectivity index is 0.00000225. The van der Waals surface area contributed by atoms with Crippen LogP contribution in [0.3, 0.4) is 0 Å². The van der Waals surface area contributed by atoms with Crippen LogP contribution in [0.1, 0.15) is 12.7 Å². The first-order chi connectivity index (χ1) is 13.2. The van der Waals surface area contributed by atoms with Gasteiger partial charge in [-0.1, -0.05) is 18.3 Å². The zero-order valence-electron chi connectivity index (χ0n) is 15.9. The fourth-order valence-electron chi connectivity index (χ4n) is 3.07. The fourth-order valence-corrected chi connectivity index (χ4v) is 3.87. The molecule has 10 heteroatoms. The van der Waals surface area contributed by atoms with Gasteiger partial charge < -0.3 is 15.1 Å². The summed E-state index contributed by atoms with van der Waals surface area (Å²) in [6, 6.07) is 2.00. The van der Waals surface area contributed by atoms with Crippen LogP contribution in [0.15, 0.2) is 31.0 Å². The summed E-state index contributed by atoms with van der Waals surface area (Å²) in [5.41, 5.74) is 0.955. The monoisotopic (exact) mass is 418 g/mol. The molecule has 8 nitrogen and oxygen atoms in total. The summed E-state index contributed by atoms with van der Waals surface area (Å²) in [5, 5.41) is 4.10. The molecular weight excluding hydrogens is 396 g/mol. The van der Waals surface area contributed by atoms with E-state index in [1.54, 1.807) is 23.7 Å². The molecule has 1 aliphatic rings. The topological polar surface area (TPSA) is 83.0 Å². The lowest BCUT2D eigenvalue weighted by molar-refractivity contribution is 0.270. The summed E-state index contributed by atoms with van der Waals surface area (Å²) in [7, 11) is 0. The molecule has 1 N–H and O–H groups in total. The number of likely N-dealkylation sites (N-methyl/N-ethyl adjacent to an activating group) is 1. The lowest BCUT2D eigenvalue weighted by Crippen LogP contribution is -2.46. The number of piperazine rings is 1. The number of anilines is 3. The predicted molar refractivity (Wildman–Crippen MR) is 115 cm³/mol. The smallest absolute Gasteiger partial charge is 0.188 e. The number of nitrogens with zero attached hydrogens (tertiary/aromatic N) is 7. The van der Waals surface area contributed by atoms with Crippen LogP contribution in [0.4, 0.5) is 16.8 Å². The largest absolute Gasteiger partial charge is 0.354 e. The molecule has 4 rings (SSSR count). The van der Waals surface area contributed by atoms with Crippen molar-refractivity contribution in [3.63, 3.8) is 0 Å². The number of hydrogen-bond donors (Lipinski definition) is 1. The van der Waals surface area contributed by atoms with Gasteiger partial charge >= 0.3 is 0 Å². The van der Waals surface area contributed by atoms with Gasteiger partial charge in [0, 0.05) is 56.4 Å². The van der Waals surface area contributed by atoms with Gasteiger partial charge in [0.25, 0.3) is 0 Å². The molecule has 0 bridgehead atoms. The summed E-state index contributed by atoms with van der Waals surface area (Å²) in [5.74, 6) is 2.48. The molecule has 0 radical (unpaired) electrons. The standard InChI is InChI=1S/C18H22N8S.ClH/c1-3-25-4-6-26(7-5-25)17-8-16(22-13(2)23-17)24-18-21-11-15(27-18)14-9-19-12-20-10-14;/h8-12H,3-7H2,1-2H3,(H,21,22,23,24);1H. The van der Waals surface area contributed by atoms with Crippen molar-refractivity contribution in [1.82, 2.24) is 29.8 Å². The third-order valence-electron chi connectivity index (χ3n) is 4.55. The number of halogens is 1. The first kappa shape index (κ1) is 20.4. The van der Waals surface area contributed by atoms with Gasteiger partial charge in [-0.25, -0.2) is 24.9 Å². The van der Waals surface area contributed by atoms with E-state index in [2.05, 4.69) is 47.0 Å². The summed E-state index contributed by atoms with van der Waals surface area (Å²) < 4.78 is 0. The highest BCUT2D eigenvalue weighted by atomic mass is 35.5. The summed E-state index contributed by atoms with van der Waals surface area (Å²) >= 11 is 1.55. The first-order valence-electron chi connectivity index (χ1n) is 9.02. The number of aryl methyl sites for hydroxylation is 1. The van der Waals surface area contributed by atoms with Gasteiger partial charge in [-0.2, -0.15) is 0 Å². The van der Waals surface area contributed by atoms with E-state index in [-0.39, 0.29) is 12.4 Å². The molecule has 3 aromatic heterocycles. The minimum atomic E-state index is 0. The minimum Gasteiger partial charge on any atom is -0.354 e. The number of hydrogen-bond acceptors (Lipinski definition) is 9. The molecule has 1 aliphatic heterocycles. The molecule has 3 aromatic rings. The van der Waals surface area contributed by atoms with E-state index in [9.17, 15) is 0 Å². The minimum absolute atomic E-state index is 0. The summed E-state index contributed by atoms with van der Waals surface area (Å²) in [6.45, 7) is 9.33. The number of nitrogens with one attached hydrogen (secondary N) is 1. The Morgan fingerprint density at radius 2 is 1.82 bits per heavy atom. The van der Waals surface area contributed by atoms with Crippen LogP contribution >= 0.6 is 23.7 Å². The van der Waals surface area contributed by atoms with E-state index in [1.165, 1.54) is 6.33 Å². The molecule has 1 fully saturated rings. The molecule has 148 valence electrons. The van der Waals surface area contributed by atoms with Crippen molar-refractivity contribution in [3.8, 4) is 10.4 Å². The molecule has 28 heavy (non-hydrogen) atoms. The maximum atomic E-state index is 4.63. The van der Waals surface area contributed by atoms with Gasteiger partial charge in [0.2, 0.25) is 0 Å². The second-order valence-corrected chi connectivity index (χ2v) is 7.39. The van der Waals surface area contributed by atoms with Crippen LogP contribution in [0.2, 0.25) is 0 Å². The zero-order chi connectivity index (χ0) is 18.6. The molecule has 4 heterocycles. The lowest BCUT2D eigenvalue weighted by Gasteiger charge is -2.34. The number of thiazole rings is 1. The maximum absolute atomic E-state index is 4.63. The van der Waals surface area contributed by atoms with Crippen LogP contribution in [0, 0.1) is 6.92 Å². The second kappa shape index (κ2) is 9.22. The van der Waals surface area contributed by atoms with E-state index in [0.717, 1.165) is 65.8 Å². The van der Waals surface area contributed by atoms with Crippen molar-refractivity contribution in [3.05, 3.63) is 36.8 Å². The van der Waals surface area contributed by atoms with Gasteiger partial charge in [-0.3, -0.25) is 0 Å². The Hall–Kier alpha value is -2.36. The van der Waals surface area contributed by atoms with Crippen molar-refractivity contribution in [1.29, 1.82) is 0 Å². The van der Waals surface area contributed by atoms with E-state index in [4.69, 9.17) is 0 Å². The fraction of sp³-hybridized carbons (Fsp3) is 0.389. The van der Waals surface area contributed by atoms with Crippen molar-refractivity contribution in [2.45, 2.75) is 13.8 Å². The van der Waals surface area contributed by atoms with E-state index < -0.39 is 0 Å². The quantitative estimate of drug-likeness (QED) is 0.677. The van der Waals surface area contributed by atoms with Crippen molar-refractivity contribution in [2.75, 3.05) is 42.9 Å². The molecular formula is C18H23ClN8S. The molecule has 0 atom stereocenters. The van der Waals surface area contributed by atoms with Crippen molar-refractivity contribution >= 4 is 40.5 Å². The third kappa shape index (κ3) is 4.73. The molecule has 0 unspecified atom stereocenters. The highest BCUT2D eigenvalue weighted by molar-refractivity contribution is 7.18. The van der Waals surface area contributed by atoms with Crippen LogP contribution < -0.4 is 10.2 Å². The molecule has 0 aliphatic carbocycles. The Labute approximate surface area is 174 Å². The SMILES string of the molecule is CCN1CCN(c2cc(Nc3ncc(-c4cncnc4)s3)nc(C)n2)CC1.Cl. The van der Waals surface area contributed by atoms with Crippen LogP contribution in [0.5, 0.6) is 0 Å². The molecule has 0 aromatic carbocycles. The van der Waals surface area contributed by atoms with E-state index >= 15 is 0 Å². The first-order valence-corrected chi connectivity index (χ1v) is 9.84. The summed E-state index contributed by atoms with van der Waals surface area (Å²) in [6.07, 6.45) is 6.92. The normalized spacial score (nSPS) is 14.6. The Morgan fingerprint density at radius 1 is 1.07 bits per heavy atom. The highest BCUT2D eigenvalue weighted by Gasteiger charge is 2.18. The molecule has 1 saturated heterocycles. The maximum Gasteiger partial charge on any atom is 0.188 e. The number of aromatic nitrogens is 5. The average molecular weight is 419 g/mol. The average Bonchev–Trinajstić information content (AvgIpc) is 3.17. The zero-order valence-corrected chi connectivity index (χ0v) is 17.5. The van der Waals surface area contributed by atoms with Crippen molar-refractivity contribution in [2.24, 2.45) is 0 Å². The van der Waals surface area contributed by atoms with Crippen LogP contribution in [-0.4, -0.2) is 62.5 Å². The van der Waals surface area contributed by atoms with Crippen LogP contribution in [0.25, 0.3) is 10.4 Å². The Bertz CT molecular complexity index is 896.